The Balaban J connectivity index is 2.77. The van der Waals surface area contributed by atoms with Gasteiger partial charge in [-0.3, -0.25) is 4.79 Å². The minimum Gasteiger partial charge on any atom is -0.326 e. The van der Waals surface area contributed by atoms with Crippen molar-refractivity contribution in [3.63, 3.8) is 0 Å². The Hall–Kier alpha value is -1.71. The molecule has 1 aromatic rings. The molecule has 4 nitrogen and oxygen atoms in total. The molecule has 0 saturated carbocycles. The molecule has 1 radical (unpaired) electrons. The molecule has 0 unspecified atom stereocenters. The van der Waals surface area contributed by atoms with Gasteiger partial charge in [0.15, 0.2) is 0 Å². The SMILES string of the molecule is CC(=O)Nc1ccc(N=[N])cc1. The molecule has 61 valence electrons. The molecule has 1 N–H and O–H groups in total. The Morgan fingerprint density at radius 2 is 2.00 bits per heavy atom. The largest absolute Gasteiger partial charge is 0.326 e. The molecule has 0 aliphatic heterocycles. The van der Waals surface area contributed by atoms with Crippen LogP contribution in [-0.4, -0.2) is 5.91 Å². The van der Waals surface area contributed by atoms with Crippen molar-refractivity contribution < 1.29 is 4.79 Å². The van der Waals surface area contributed by atoms with E-state index in [2.05, 4.69) is 10.4 Å². The lowest BCUT2D eigenvalue weighted by Crippen LogP contribution is -2.04. The van der Waals surface area contributed by atoms with Gasteiger partial charge < -0.3 is 5.32 Å². The predicted molar refractivity (Wildman–Crippen MR) is 45.0 cm³/mol. The van der Waals surface area contributed by atoms with Gasteiger partial charge >= 0.3 is 0 Å². The number of carbonyl (C=O) groups is 1. The number of nitrogens with one attached hydrogen (secondary N) is 1. The highest BCUT2D eigenvalue weighted by atomic mass is 16.1. The van der Waals surface area contributed by atoms with E-state index < -0.39 is 0 Å². The third-order valence-corrected chi connectivity index (χ3v) is 1.30. The maximum absolute atomic E-state index is 10.6. The quantitative estimate of drug-likeness (QED) is 0.658. The molecular weight excluding hydrogens is 154 g/mol. The van der Waals surface area contributed by atoms with Gasteiger partial charge in [-0.15, -0.1) is 5.11 Å². The third-order valence-electron chi connectivity index (χ3n) is 1.30. The maximum atomic E-state index is 10.6. The fraction of sp³-hybridized carbons (Fsp3) is 0.125. The average molecular weight is 162 g/mol. The van der Waals surface area contributed by atoms with Crippen molar-refractivity contribution in [2.24, 2.45) is 5.11 Å². The molecule has 0 spiro atoms. The first-order valence-electron chi connectivity index (χ1n) is 3.45. The van der Waals surface area contributed by atoms with Gasteiger partial charge in [0.05, 0.1) is 5.69 Å². The van der Waals surface area contributed by atoms with Gasteiger partial charge in [0.2, 0.25) is 5.91 Å². The molecule has 0 fully saturated rings. The number of benzene rings is 1. The van der Waals surface area contributed by atoms with Crippen LogP contribution in [0.25, 0.3) is 0 Å². The highest BCUT2D eigenvalue weighted by Crippen LogP contribution is 2.14. The molecule has 1 amide bonds. The highest BCUT2D eigenvalue weighted by Gasteiger charge is 1.94. The van der Waals surface area contributed by atoms with E-state index in [1.165, 1.54) is 6.92 Å². The number of anilines is 1. The summed E-state index contributed by atoms with van der Waals surface area (Å²) < 4.78 is 0. The summed E-state index contributed by atoms with van der Waals surface area (Å²) in [5.41, 5.74) is 9.50. The van der Waals surface area contributed by atoms with Crippen molar-refractivity contribution in [1.29, 1.82) is 0 Å². The molecule has 0 aliphatic rings. The number of nitrogens with zero attached hydrogens (tertiary/aromatic N) is 2. The molecule has 1 rings (SSSR count). The summed E-state index contributed by atoms with van der Waals surface area (Å²) in [6.07, 6.45) is 0. The molecular formula is C8H8N3O. The van der Waals surface area contributed by atoms with Crippen LogP contribution in [0.3, 0.4) is 0 Å². The van der Waals surface area contributed by atoms with Crippen molar-refractivity contribution >= 4 is 17.3 Å². The smallest absolute Gasteiger partial charge is 0.221 e. The molecule has 0 saturated heterocycles. The average Bonchev–Trinajstić information content (AvgIpc) is 2.05. The van der Waals surface area contributed by atoms with Crippen molar-refractivity contribution in [1.82, 2.24) is 5.53 Å². The van der Waals surface area contributed by atoms with Gasteiger partial charge in [0.1, 0.15) is 0 Å². The van der Waals surface area contributed by atoms with Crippen LogP contribution in [0.15, 0.2) is 29.4 Å². The normalized spacial score (nSPS) is 9.08. The van der Waals surface area contributed by atoms with E-state index in [4.69, 9.17) is 5.53 Å². The zero-order chi connectivity index (χ0) is 8.97. The van der Waals surface area contributed by atoms with Crippen LogP contribution in [0.2, 0.25) is 0 Å². The Morgan fingerprint density at radius 3 is 2.42 bits per heavy atom. The third kappa shape index (κ3) is 2.16. The van der Waals surface area contributed by atoms with Crippen molar-refractivity contribution in [3.8, 4) is 0 Å². The Morgan fingerprint density at radius 1 is 1.42 bits per heavy atom. The maximum Gasteiger partial charge on any atom is 0.221 e. The van der Waals surface area contributed by atoms with Gasteiger partial charge in [0, 0.05) is 12.6 Å². The molecule has 0 aromatic heterocycles. The molecule has 0 atom stereocenters. The van der Waals surface area contributed by atoms with Crippen LogP contribution in [0.5, 0.6) is 0 Å². The summed E-state index contributed by atoms with van der Waals surface area (Å²) in [5.74, 6) is -0.122. The first kappa shape index (κ1) is 8.39. The predicted octanol–water partition coefficient (Wildman–Crippen LogP) is 1.53. The molecule has 12 heavy (non-hydrogen) atoms. The van der Waals surface area contributed by atoms with Crippen LogP contribution in [0, 0.1) is 0 Å². The molecule has 4 heteroatoms. The van der Waals surface area contributed by atoms with Crippen LogP contribution in [0.4, 0.5) is 11.4 Å². The van der Waals surface area contributed by atoms with E-state index in [0.717, 1.165) is 0 Å². The lowest BCUT2D eigenvalue weighted by Gasteiger charge is -1.99. The Kier molecular flexibility index (Phi) is 2.53. The van der Waals surface area contributed by atoms with Crippen molar-refractivity contribution in [2.45, 2.75) is 6.92 Å². The molecule has 0 aliphatic carbocycles. The van der Waals surface area contributed by atoms with Crippen molar-refractivity contribution in [3.05, 3.63) is 24.3 Å². The summed E-state index contributed by atoms with van der Waals surface area (Å²) in [7, 11) is 0. The summed E-state index contributed by atoms with van der Waals surface area (Å²) in [5, 5.41) is 5.57. The second-order valence-electron chi connectivity index (χ2n) is 2.33. The summed E-state index contributed by atoms with van der Waals surface area (Å²) in [6.45, 7) is 1.43. The molecule has 1 aromatic carbocycles. The number of hydrogen-bond acceptors (Lipinski definition) is 2. The van der Waals surface area contributed by atoms with E-state index in [1.54, 1.807) is 24.3 Å². The number of hydrogen-bond donors (Lipinski definition) is 1. The monoisotopic (exact) mass is 162 g/mol. The fourth-order valence-electron chi connectivity index (χ4n) is 0.815. The van der Waals surface area contributed by atoms with Gasteiger partial charge in [-0.2, -0.15) is 0 Å². The number of amides is 1. The van der Waals surface area contributed by atoms with Gasteiger partial charge in [0.25, 0.3) is 0 Å². The van der Waals surface area contributed by atoms with Crippen LogP contribution >= 0.6 is 0 Å². The lowest BCUT2D eigenvalue weighted by molar-refractivity contribution is -0.114. The van der Waals surface area contributed by atoms with Crippen LogP contribution < -0.4 is 10.8 Å². The minimum absolute atomic E-state index is 0.122. The van der Waals surface area contributed by atoms with E-state index in [-0.39, 0.29) is 5.91 Å². The van der Waals surface area contributed by atoms with Crippen LogP contribution in [0.1, 0.15) is 6.92 Å². The number of rotatable bonds is 2. The second kappa shape index (κ2) is 3.61. The first-order chi connectivity index (χ1) is 5.72. The Labute approximate surface area is 70.1 Å². The molecule has 0 bridgehead atoms. The summed E-state index contributed by atoms with van der Waals surface area (Å²) >= 11 is 0. The van der Waals surface area contributed by atoms with Crippen molar-refractivity contribution in [2.75, 3.05) is 5.32 Å². The lowest BCUT2D eigenvalue weighted by atomic mass is 10.3. The van der Waals surface area contributed by atoms with E-state index in [9.17, 15) is 4.79 Å². The highest BCUT2D eigenvalue weighted by molar-refractivity contribution is 5.88. The number of carbonyl (C=O) groups excluding carboxylic acids is 1. The van der Waals surface area contributed by atoms with Gasteiger partial charge in [-0.25, -0.2) is 0 Å². The first-order valence-corrected chi connectivity index (χ1v) is 3.45. The van der Waals surface area contributed by atoms with E-state index in [1.807, 2.05) is 0 Å². The fourth-order valence-corrected chi connectivity index (χ4v) is 0.815. The summed E-state index contributed by atoms with van der Waals surface area (Å²) in [6, 6.07) is 6.53. The zero-order valence-corrected chi connectivity index (χ0v) is 6.61. The minimum atomic E-state index is -0.122. The van der Waals surface area contributed by atoms with Gasteiger partial charge in [-0.1, -0.05) is 0 Å². The van der Waals surface area contributed by atoms with E-state index in [0.29, 0.717) is 11.4 Å². The van der Waals surface area contributed by atoms with Gasteiger partial charge in [-0.05, 0) is 29.8 Å². The topological polar surface area (TPSA) is 63.8 Å². The van der Waals surface area contributed by atoms with E-state index >= 15 is 0 Å². The molecule has 0 heterocycles. The zero-order valence-electron chi connectivity index (χ0n) is 6.61. The summed E-state index contributed by atoms with van der Waals surface area (Å²) in [4.78, 5) is 10.6. The standard InChI is InChI=1S/C8H8N3O/c1-6(12)10-7-2-4-8(11-9)5-3-7/h2-5H,1H3,(H,10,12). The second-order valence-corrected chi connectivity index (χ2v) is 2.33. The van der Waals surface area contributed by atoms with Crippen LogP contribution in [-0.2, 0) is 4.79 Å². The Bertz CT molecular complexity index is 292.